The molecule has 0 N–H and O–H groups in total. The Labute approximate surface area is 129 Å². The largest absolute Gasteiger partial charge is 0.460 e. The van der Waals surface area contributed by atoms with Gasteiger partial charge in [0, 0.05) is 11.9 Å². The van der Waals surface area contributed by atoms with Crippen molar-refractivity contribution in [2.24, 2.45) is 0 Å². The lowest BCUT2D eigenvalue weighted by atomic mass is 9.87. The highest BCUT2D eigenvalue weighted by Gasteiger charge is 2.22. The molecule has 0 unspecified atom stereocenters. The molecule has 3 heteroatoms. The molecule has 0 saturated heterocycles. The Morgan fingerprint density at radius 2 is 1.76 bits per heavy atom. The summed E-state index contributed by atoms with van der Waals surface area (Å²) in [5, 5.41) is 0. The summed E-state index contributed by atoms with van der Waals surface area (Å²) in [5.41, 5.74) is 3.99. The van der Waals surface area contributed by atoms with Crippen LogP contribution in [0.15, 0.2) is 6.20 Å². The summed E-state index contributed by atoms with van der Waals surface area (Å²) in [7, 11) is 0. The van der Waals surface area contributed by atoms with Crippen molar-refractivity contribution in [3.05, 3.63) is 28.6 Å². The first-order valence-electron chi connectivity index (χ1n) is 7.73. The number of aromatic nitrogens is 1. The average Bonchev–Trinajstić information content (AvgIpc) is 2.24. The molecule has 0 amide bonds. The van der Waals surface area contributed by atoms with Gasteiger partial charge in [0.25, 0.3) is 0 Å². The first kappa shape index (κ1) is 17.7. The highest BCUT2D eigenvalue weighted by Crippen LogP contribution is 2.30. The van der Waals surface area contributed by atoms with Crippen LogP contribution in [0, 0.1) is 6.92 Å². The number of nitrogens with zero attached hydrogens (tertiary/aromatic N) is 1. The van der Waals surface area contributed by atoms with Crippen LogP contribution in [0.5, 0.6) is 0 Å². The van der Waals surface area contributed by atoms with Crippen molar-refractivity contribution in [2.75, 3.05) is 0 Å². The van der Waals surface area contributed by atoms with Crippen molar-refractivity contribution in [2.45, 2.75) is 79.2 Å². The first-order chi connectivity index (χ1) is 9.53. The van der Waals surface area contributed by atoms with Crippen LogP contribution in [-0.4, -0.2) is 16.6 Å². The molecule has 0 aromatic carbocycles. The van der Waals surface area contributed by atoms with Gasteiger partial charge in [-0.25, -0.2) is 0 Å². The van der Waals surface area contributed by atoms with Gasteiger partial charge >= 0.3 is 5.97 Å². The Bertz CT molecular complexity index is 511. The normalized spacial score (nSPS) is 12.1. The molecule has 0 bridgehead atoms. The summed E-state index contributed by atoms with van der Waals surface area (Å²) in [6, 6.07) is 0. The number of carbonyl (C=O) groups is 1. The standard InChI is InChI=1S/C18H29NO2/c1-11(2)15-10-19-13(5)17(12(3)4)14(15)9-16(20)21-18(6,7)8/h10-12H,9H2,1-8H3. The number of aryl methyl sites for hydroxylation is 1. The molecule has 0 atom stereocenters. The number of ether oxygens (including phenoxy) is 1. The van der Waals surface area contributed by atoms with Crippen molar-refractivity contribution in [3.63, 3.8) is 0 Å². The number of carbonyl (C=O) groups excluding carboxylic acids is 1. The van der Waals surface area contributed by atoms with E-state index in [1.54, 1.807) is 0 Å². The molecule has 0 aliphatic heterocycles. The first-order valence-corrected chi connectivity index (χ1v) is 7.73. The van der Waals surface area contributed by atoms with Crippen molar-refractivity contribution in [1.82, 2.24) is 4.98 Å². The van der Waals surface area contributed by atoms with Gasteiger partial charge in [0.05, 0.1) is 6.42 Å². The van der Waals surface area contributed by atoms with Gasteiger partial charge in [0.1, 0.15) is 5.60 Å². The molecule has 1 aromatic rings. The van der Waals surface area contributed by atoms with Crippen LogP contribution in [0.2, 0.25) is 0 Å². The van der Waals surface area contributed by atoms with E-state index >= 15 is 0 Å². The van der Waals surface area contributed by atoms with Crippen molar-refractivity contribution in [1.29, 1.82) is 0 Å². The Morgan fingerprint density at radius 1 is 1.19 bits per heavy atom. The molecule has 118 valence electrons. The van der Waals surface area contributed by atoms with Crippen molar-refractivity contribution in [3.8, 4) is 0 Å². The second-order valence-electron chi connectivity index (χ2n) is 7.26. The molecular formula is C18H29NO2. The maximum absolute atomic E-state index is 12.2. The minimum Gasteiger partial charge on any atom is -0.460 e. The van der Waals surface area contributed by atoms with E-state index in [4.69, 9.17) is 4.74 Å². The van der Waals surface area contributed by atoms with Gasteiger partial charge in [-0.2, -0.15) is 0 Å². The van der Waals surface area contributed by atoms with Gasteiger partial charge < -0.3 is 4.74 Å². The fraction of sp³-hybridized carbons (Fsp3) is 0.667. The van der Waals surface area contributed by atoms with E-state index in [0.29, 0.717) is 18.3 Å². The Morgan fingerprint density at radius 3 is 2.19 bits per heavy atom. The summed E-state index contributed by atoms with van der Waals surface area (Å²) >= 11 is 0. The van der Waals surface area contributed by atoms with Crippen LogP contribution in [0.1, 0.15) is 82.7 Å². The Kier molecular flexibility index (Phi) is 5.54. The zero-order valence-electron chi connectivity index (χ0n) is 14.7. The number of esters is 1. The van der Waals surface area contributed by atoms with E-state index in [2.05, 4.69) is 32.7 Å². The molecule has 0 aliphatic rings. The zero-order chi connectivity index (χ0) is 16.4. The monoisotopic (exact) mass is 291 g/mol. The average molecular weight is 291 g/mol. The summed E-state index contributed by atoms with van der Waals surface area (Å²) in [5.74, 6) is 0.513. The maximum Gasteiger partial charge on any atom is 0.310 e. The van der Waals surface area contributed by atoms with Gasteiger partial charge in [0.2, 0.25) is 0 Å². The molecule has 0 aliphatic carbocycles. The second kappa shape index (κ2) is 6.59. The van der Waals surface area contributed by atoms with E-state index < -0.39 is 5.60 Å². The summed E-state index contributed by atoms with van der Waals surface area (Å²) in [6.45, 7) is 16.3. The van der Waals surface area contributed by atoms with Gasteiger partial charge in [-0.05, 0) is 56.2 Å². The topological polar surface area (TPSA) is 39.2 Å². The molecule has 1 heterocycles. The van der Waals surface area contributed by atoms with Crippen LogP contribution >= 0.6 is 0 Å². The molecule has 0 radical (unpaired) electrons. The molecule has 21 heavy (non-hydrogen) atoms. The smallest absolute Gasteiger partial charge is 0.310 e. The summed E-state index contributed by atoms with van der Waals surface area (Å²) in [6.07, 6.45) is 2.23. The number of hydrogen-bond acceptors (Lipinski definition) is 3. The van der Waals surface area contributed by atoms with Crippen molar-refractivity contribution >= 4 is 5.97 Å². The lowest BCUT2D eigenvalue weighted by Crippen LogP contribution is -2.26. The van der Waals surface area contributed by atoms with E-state index in [1.807, 2.05) is 33.9 Å². The van der Waals surface area contributed by atoms with E-state index in [9.17, 15) is 4.79 Å². The number of hydrogen-bond donors (Lipinski definition) is 0. The van der Waals surface area contributed by atoms with Gasteiger partial charge in [-0.1, -0.05) is 27.7 Å². The Balaban J connectivity index is 3.25. The van der Waals surface area contributed by atoms with Crippen LogP contribution in [0.3, 0.4) is 0 Å². The van der Waals surface area contributed by atoms with Gasteiger partial charge in [0.15, 0.2) is 0 Å². The van der Waals surface area contributed by atoms with Crippen molar-refractivity contribution < 1.29 is 9.53 Å². The minimum absolute atomic E-state index is 0.170. The minimum atomic E-state index is -0.449. The molecular weight excluding hydrogens is 262 g/mol. The van der Waals surface area contributed by atoms with Crippen LogP contribution in [0.4, 0.5) is 0 Å². The number of rotatable bonds is 4. The maximum atomic E-state index is 12.2. The SMILES string of the molecule is Cc1ncc(C(C)C)c(CC(=O)OC(C)(C)C)c1C(C)C. The molecule has 0 spiro atoms. The predicted octanol–water partition coefficient (Wildman–Crippen LogP) is 4.52. The predicted molar refractivity (Wildman–Crippen MR) is 86.7 cm³/mol. The Hall–Kier alpha value is -1.38. The molecule has 1 aromatic heterocycles. The third kappa shape index (κ3) is 4.83. The third-order valence-corrected chi connectivity index (χ3v) is 3.40. The third-order valence-electron chi connectivity index (χ3n) is 3.40. The molecule has 0 saturated carbocycles. The fourth-order valence-electron chi connectivity index (χ4n) is 2.67. The van der Waals surface area contributed by atoms with Crippen LogP contribution in [0.25, 0.3) is 0 Å². The molecule has 3 nitrogen and oxygen atoms in total. The fourth-order valence-corrected chi connectivity index (χ4v) is 2.67. The molecule has 1 rings (SSSR count). The lowest BCUT2D eigenvalue weighted by Gasteiger charge is -2.23. The molecule has 0 fully saturated rings. The van der Waals surface area contributed by atoms with Gasteiger partial charge in [-0.3, -0.25) is 9.78 Å². The number of pyridine rings is 1. The van der Waals surface area contributed by atoms with E-state index in [0.717, 1.165) is 16.8 Å². The van der Waals surface area contributed by atoms with E-state index in [-0.39, 0.29) is 5.97 Å². The van der Waals surface area contributed by atoms with Crippen LogP contribution < -0.4 is 0 Å². The highest BCUT2D eigenvalue weighted by atomic mass is 16.6. The van der Waals surface area contributed by atoms with E-state index in [1.165, 1.54) is 5.56 Å². The second-order valence-corrected chi connectivity index (χ2v) is 7.26. The van der Waals surface area contributed by atoms with Gasteiger partial charge in [-0.15, -0.1) is 0 Å². The summed E-state index contributed by atoms with van der Waals surface area (Å²) < 4.78 is 5.49. The lowest BCUT2D eigenvalue weighted by molar-refractivity contribution is -0.153. The highest BCUT2D eigenvalue weighted by molar-refractivity contribution is 5.74. The van der Waals surface area contributed by atoms with Crippen LogP contribution in [-0.2, 0) is 16.0 Å². The zero-order valence-corrected chi connectivity index (χ0v) is 14.7. The summed E-state index contributed by atoms with van der Waals surface area (Å²) in [4.78, 5) is 16.8. The quantitative estimate of drug-likeness (QED) is 0.766.